The van der Waals surface area contributed by atoms with Crippen LogP contribution in [0.1, 0.15) is 12.8 Å². The minimum Gasteiger partial charge on any atom is -0.341 e. The van der Waals surface area contributed by atoms with E-state index in [1.807, 2.05) is 0 Å². The maximum Gasteiger partial charge on any atom is 0.270 e. The van der Waals surface area contributed by atoms with E-state index in [9.17, 15) is 19.7 Å². The molecule has 2 aromatic rings. The van der Waals surface area contributed by atoms with Crippen molar-refractivity contribution in [1.82, 2.24) is 14.5 Å². The molecule has 1 aromatic heterocycles. The second-order valence-corrected chi connectivity index (χ2v) is 5.22. The lowest BCUT2D eigenvalue weighted by molar-refractivity contribution is -0.384. The number of non-ortho nitro benzene ring substituents is 1. The van der Waals surface area contributed by atoms with E-state index in [4.69, 9.17) is 0 Å². The molecule has 0 N–H and O–H groups in total. The van der Waals surface area contributed by atoms with Gasteiger partial charge in [-0.25, -0.2) is 4.98 Å². The first-order valence-corrected chi connectivity index (χ1v) is 6.97. The molecule has 1 saturated heterocycles. The molecule has 0 unspecified atom stereocenters. The van der Waals surface area contributed by atoms with Crippen LogP contribution in [0.15, 0.2) is 29.3 Å². The summed E-state index contributed by atoms with van der Waals surface area (Å²) >= 11 is 0. The average Bonchev–Trinajstić information content (AvgIpc) is 3.04. The molecular weight excluding hydrogens is 288 g/mol. The number of amides is 1. The fourth-order valence-corrected chi connectivity index (χ4v) is 2.59. The SMILES string of the molecule is O=C(Cn1cnc2ccc([N+](=O)[O-])cc2c1=O)N1CCCC1. The van der Waals surface area contributed by atoms with Crippen LogP contribution in [0.25, 0.3) is 10.9 Å². The summed E-state index contributed by atoms with van der Waals surface area (Å²) in [5.41, 5.74) is -0.239. The van der Waals surface area contributed by atoms with Crippen molar-refractivity contribution in [2.75, 3.05) is 13.1 Å². The van der Waals surface area contributed by atoms with Crippen LogP contribution in [0.4, 0.5) is 5.69 Å². The van der Waals surface area contributed by atoms with Crippen molar-refractivity contribution in [3.8, 4) is 0 Å². The van der Waals surface area contributed by atoms with Crippen molar-refractivity contribution in [2.45, 2.75) is 19.4 Å². The van der Waals surface area contributed by atoms with Gasteiger partial charge in [0.05, 0.1) is 22.2 Å². The molecular formula is C14H14N4O4. The second kappa shape index (κ2) is 5.55. The molecule has 1 aliphatic heterocycles. The Kier molecular flexibility index (Phi) is 3.58. The quantitative estimate of drug-likeness (QED) is 0.620. The fraction of sp³-hybridized carbons (Fsp3) is 0.357. The van der Waals surface area contributed by atoms with Crippen molar-refractivity contribution < 1.29 is 9.72 Å². The summed E-state index contributed by atoms with van der Waals surface area (Å²) in [6.07, 6.45) is 3.26. The molecule has 0 aliphatic carbocycles. The highest BCUT2D eigenvalue weighted by Gasteiger charge is 2.19. The highest BCUT2D eigenvalue weighted by Crippen LogP contribution is 2.16. The highest BCUT2D eigenvalue weighted by molar-refractivity contribution is 5.81. The number of carbonyl (C=O) groups excluding carboxylic acids is 1. The molecule has 1 fully saturated rings. The lowest BCUT2D eigenvalue weighted by atomic mass is 10.2. The summed E-state index contributed by atoms with van der Waals surface area (Å²) in [5.74, 6) is -0.133. The number of nitrogens with zero attached hydrogens (tertiary/aromatic N) is 4. The van der Waals surface area contributed by atoms with E-state index in [0.29, 0.717) is 18.6 Å². The summed E-state index contributed by atoms with van der Waals surface area (Å²) in [6, 6.07) is 3.93. The smallest absolute Gasteiger partial charge is 0.270 e. The van der Waals surface area contributed by atoms with Gasteiger partial charge in [-0.05, 0) is 18.9 Å². The molecule has 1 aromatic carbocycles. The van der Waals surface area contributed by atoms with E-state index in [-0.39, 0.29) is 23.5 Å². The van der Waals surface area contributed by atoms with Gasteiger partial charge >= 0.3 is 0 Å². The Morgan fingerprint density at radius 3 is 2.73 bits per heavy atom. The molecule has 8 nitrogen and oxygen atoms in total. The first kappa shape index (κ1) is 14.2. The lowest BCUT2D eigenvalue weighted by Gasteiger charge is -2.15. The Morgan fingerprint density at radius 1 is 1.32 bits per heavy atom. The minimum absolute atomic E-state index is 0.0928. The number of hydrogen-bond acceptors (Lipinski definition) is 5. The fourth-order valence-electron chi connectivity index (χ4n) is 2.59. The number of likely N-dealkylation sites (tertiary alicyclic amines) is 1. The number of nitro benzene ring substituents is 1. The largest absolute Gasteiger partial charge is 0.341 e. The van der Waals surface area contributed by atoms with Gasteiger partial charge in [0, 0.05) is 25.2 Å². The average molecular weight is 302 g/mol. The Labute approximate surface area is 125 Å². The van der Waals surface area contributed by atoms with Crippen LogP contribution in [0.3, 0.4) is 0 Å². The maximum atomic E-state index is 12.4. The zero-order chi connectivity index (χ0) is 15.7. The van der Waals surface area contributed by atoms with Crippen molar-refractivity contribution in [1.29, 1.82) is 0 Å². The molecule has 1 amide bonds. The first-order chi connectivity index (χ1) is 10.6. The van der Waals surface area contributed by atoms with Crippen LogP contribution < -0.4 is 5.56 Å². The molecule has 114 valence electrons. The van der Waals surface area contributed by atoms with Crippen LogP contribution in [0, 0.1) is 10.1 Å². The summed E-state index contributed by atoms with van der Waals surface area (Å²) in [7, 11) is 0. The van der Waals surface area contributed by atoms with Crippen molar-refractivity contribution in [2.24, 2.45) is 0 Å². The van der Waals surface area contributed by atoms with E-state index in [0.717, 1.165) is 12.8 Å². The van der Waals surface area contributed by atoms with Gasteiger partial charge in [-0.3, -0.25) is 24.3 Å². The predicted octanol–water partition coefficient (Wildman–Crippen LogP) is 0.927. The van der Waals surface area contributed by atoms with Gasteiger partial charge in [0.15, 0.2) is 0 Å². The van der Waals surface area contributed by atoms with E-state index < -0.39 is 10.5 Å². The number of hydrogen-bond donors (Lipinski definition) is 0. The third kappa shape index (κ3) is 2.54. The number of carbonyl (C=O) groups is 1. The van der Waals surface area contributed by atoms with Gasteiger partial charge in [0.1, 0.15) is 6.54 Å². The van der Waals surface area contributed by atoms with Gasteiger partial charge in [0.2, 0.25) is 5.91 Å². The Morgan fingerprint density at radius 2 is 2.05 bits per heavy atom. The molecule has 1 aliphatic rings. The summed E-state index contributed by atoms with van der Waals surface area (Å²) in [4.78, 5) is 40.5. The first-order valence-electron chi connectivity index (χ1n) is 6.97. The molecule has 2 heterocycles. The van der Waals surface area contributed by atoms with Crippen LogP contribution >= 0.6 is 0 Å². The highest BCUT2D eigenvalue weighted by atomic mass is 16.6. The monoisotopic (exact) mass is 302 g/mol. The molecule has 0 saturated carbocycles. The molecule has 0 bridgehead atoms. The zero-order valence-electron chi connectivity index (χ0n) is 11.8. The molecule has 22 heavy (non-hydrogen) atoms. The predicted molar refractivity (Wildman–Crippen MR) is 78.5 cm³/mol. The number of rotatable bonds is 3. The standard InChI is InChI=1S/C14H14N4O4/c19-13(16-5-1-2-6-16)8-17-9-15-12-4-3-10(18(21)22)7-11(12)14(17)20/h3-4,7,9H,1-2,5-6,8H2. The third-order valence-corrected chi connectivity index (χ3v) is 3.78. The summed E-state index contributed by atoms with van der Waals surface area (Å²) in [5, 5.41) is 11.0. The van der Waals surface area contributed by atoms with Crippen molar-refractivity contribution in [3.05, 3.63) is 45.0 Å². The Hall–Kier alpha value is -2.77. The number of aromatic nitrogens is 2. The molecule has 8 heteroatoms. The van der Waals surface area contributed by atoms with Crippen LogP contribution in [0.2, 0.25) is 0 Å². The normalized spacial score (nSPS) is 14.5. The maximum absolute atomic E-state index is 12.4. The lowest BCUT2D eigenvalue weighted by Crippen LogP contribution is -2.34. The van der Waals surface area contributed by atoms with Gasteiger partial charge in [-0.15, -0.1) is 0 Å². The second-order valence-electron chi connectivity index (χ2n) is 5.22. The molecule has 3 rings (SSSR count). The van der Waals surface area contributed by atoms with E-state index in [1.54, 1.807) is 4.90 Å². The van der Waals surface area contributed by atoms with E-state index >= 15 is 0 Å². The van der Waals surface area contributed by atoms with Gasteiger partial charge in [-0.2, -0.15) is 0 Å². The zero-order valence-corrected chi connectivity index (χ0v) is 11.8. The molecule has 0 atom stereocenters. The van der Waals surface area contributed by atoms with Gasteiger partial charge in [0.25, 0.3) is 11.2 Å². The van der Waals surface area contributed by atoms with Gasteiger partial charge < -0.3 is 4.90 Å². The topological polar surface area (TPSA) is 98.3 Å². The third-order valence-electron chi connectivity index (χ3n) is 3.78. The van der Waals surface area contributed by atoms with Crippen LogP contribution in [0.5, 0.6) is 0 Å². The number of fused-ring (bicyclic) bond motifs is 1. The Balaban J connectivity index is 1.96. The Bertz CT molecular complexity index is 808. The summed E-state index contributed by atoms with van der Waals surface area (Å²) < 4.78 is 1.20. The minimum atomic E-state index is -0.564. The van der Waals surface area contributed by atoms with E-state index in [1.165, 1.54) is 29.1 Å². The van der Waals surface area contributed by atoms with Gasteiger partial charge in [-0.1, -0.05) is 0 Å². The van der Waals surface area contributed by atoms with Crippen molar-refractivity contribution >= 4 is 22.5 Å². The van der Waals surface area contributed by atoms with Crippen LogP contribution in [-0.4, -0.2) is 38.4 Å². The number of nitro groups is 1. The van der Waals surface area contributed by atoms with Crippen LogP contribution in [-0.2, 0) is 11.3 Å². The molecule has 0 radical (unpaired) electrons. The molecule has 0 spiro atoms. The summed E-state index contributed by atoms with van der Waals surface area (Å²) in [6.45, 7) is 1.32. The number of benzene rings is 1. The van der Waals surface area contributed by atoms with Crippen molar-refractivity contribution in [3.63, 3.8) is 0 Å². The van der Waals surface area contributed by atoms with E-state index in [2.05, 4.69) is 4.98 Å².